The summed E-state index contributed by atoms with van der Waals surface area (Å²) in [5, 5.41) is 18.8. The van der Waals surface area contributed by atoms with Gasteiger partial charge in [0.2, 0.25) is 0 Å². The van der Waals surface area contributed by atoms with E-state index in [0.717, 1.165) is 29.2 Å². The van der Waals surface area contributed by atoms with Crippen LogP contribution in [0.15, 0.2) is 78.9 Å². The summed E-state index contributed by atoms with van der Waals surface area (Å²) in [4.78, 5) is 2.13. The van der Waals surface area contributed by atoms with Gasteiger partial charge in [0.15, 0.2) is 11.6 Å². The van der Waals surface area contributed by atoms with Gasteiger partial charge in [-0.2, -0.15) is 0 Å². The third kappa shape index (κ3) is 5.75. The van der Waals surface area contributed by atoms with Gasteiger partial charge in [-0.05, 0) is 54.4 Å². The zero-order valence-corrected chi connectivity index (χ0v) is 19.6. The van der Waals surface area contributed by atoms with E-state index in [0.29, 0.717) is 24.4 Å². The SMILES string of the molecule is CCN(Cc1ccc(OCc2ccccc2)cc1)c1ccc(-c2cc(Cl)c(O)c(Cl)c2)nn1. The highest BCUT2D eigenvalue weighted by Gasteiger charge is 2.12. The summed E-state index contributed by atoms with van der Waals surface area (Å²) in [6.07, 6.45) is 0. The largest absolute Gasteiger partial charge is 0.505 e. The van der Waals surface area contributed by atoms with Gasteiger partial charge in [-0.3, -0.25) is 0 Å². The monoisotopic (exact) mass is 479 g/mol. The summed E-state index contributed by atoms with van der Waals surface area (Å²) in [7, 11) is 0. The lowest BCUT2D eigenvalue weighted by molar-refractivity contribution is 0.306. The number of phenolic OH excluding ortho intramolecular Hbond substituents is 1. The minimum atomic E-state index is -0.139. The minimum Gasteiger partial charge on any atom is -0.505 e. The number of benzene rings is 3. The smallest absolute Gasteiger partial charge is 0.152 e. The van der Waals surface area contributed by atoms with Gasteiger partial charge >= 0.3 is 0 Å². The van der Waals surface area contributed by atoms with Crippen LogP contribution in [0.4, 0.5) is 5.82 Å². The number of ether oxygens (including phenoxy) is 1. The Bertz CT molecular complexity index is 1180. The molecule has 0 amide bonds. The topological polar surface area (TPSA) is 58.5 Å². The van der Waals surface area contributed by atoms with Crippen LogP contribution in [0.25, 0.3) is 11.3 Å². The molecule has 0 fully saturated rings. The molecule has 0 bridgehead atoms. The molecule has 1 N–H and O–H groups in total. The third-order valence-electron chi connectivity index (χ3n) is 5.21. The average molecular weight is 480 g/mol. The molecule has 0 aliphatic heterocycles. The molecule has 0 saturated carbocycles. The van der Waals surface area contributed by atoms with Crippen molar-refractivity contribution in [2.75, 3.05) is 11.4 Å². The molecule has 0 saturated heterocycles. The molecule has 0 atom stereocenters. The van der Waals surface area contributed by atoms with Gasteiger partial charge in [-0.1, -0.05) is 65.7 Å². The number of nitrogens with zero attached hydrogens (tertiary/aromatic N) is 3. The maximum Gasteiger partial charge on any atom is 0.152 e. The zero-order chi connectivity index (χ0) is 23.2. The van der Waals surface area contributed by atoms with Crippen LogP contribution in [0, 0.1) is 0 Å². The van der Waals surface area contributed by atoms with Crippen molar-refractivity contribution in [1.82, 2.24) is 10.2 Å². The lowest BCUT2D eigenvalue weighted by atomic mass is 10.1. The van der Waals surface area contributed by atoms with Gasteiger partial charge < -0.3 is 14.7 Å². The Morgan fingerprint density at radius 3 is 2.15 bits per heavy atom. The first-order valence-electron chi connectivity index (χ1n) is 10.6. The zero-order valence-electron chi connectivity index (χ0n) is 18.1. The molecule has 4 aromatic rings. The van der Waals surface area contributed by atoms with E-state index in [9.17, 15) is 5.11 Å². The molecule has 0 unspecified atom stereocenters. The molecule has 0 aliphatic carbocycles. The molecule has 3 aromatic carbocycles. The van der Waals surface area contributed by atoms with Crippen LogP contribution in [-0.4, -0.2) is 21.8 Å². The number of rotatable bonds is 8. The van der Waals surface area contributed by atoms with Crippen molar-refractivity contribution in [3.63, 3.8) is 0 Å². The Kier molecular flexibility index (Phi) is 7.33. The number of halogens is 2. The number of hydrogen-bond donors (Lipinski definition) is 1. The van der Waals surface area contributed by atoms with Crippen molar-refractivity contribution in [2.24, 2.45) is 0 Å². The van der Waals surface area contributed by atoms with E-state index in [4.69, 9.17) is 27.9 Å². The normalized spacial score (nSPS) is 10.8. The van der Waals surface area contributed by atoms with E-state index >= 15 is 0 Å². The molecule has 0 radical (unpaired) electrons. The molecular formula is C26H23Cl2N3O2. The van der Waals surface area contributed by atoms with Crippen molar-refractivity contribution >= 4 is 29.0 Å². The summed E-state index contributed by atoms with van der Waals surface area (Å²) in [5.74, 6) is 1.46. The van der Waals surface area contributed by atoms with Crippen LogP contribution in [0.2, 0.25) is 10.0 Å². The molecule has 0 aliphatic rings. The Labute approximate surface area is 203 Å². The summed E-state index contributed by atoms with van der Waals surface area (Å²) in [5.41, 5.74) is 3.60. The van der Waals surface area contributed by atoms with Crippen molar-refractivity contribution in [1.29, 1.82) is 0 Å². The van der Waals surface area contributed by atoms with Gasteiger partial charge in [-0.15, -0.1) is 10.2 Å². The van der Waals surface area contributed by atoms with E-state index in [2.05, 4.69) is 34.2 Å². The van der Waals surface area contributed by atoms with Crippen molar-refractivity contribution in [3.05, 3.63) is 100 Å². The molecule has 1 aromatic heterocycles. The molecular weight excluding hydrogens is 457 g/mol. The molecule has 0 spiro atoms. The highest BCUT2D eigenvalue weighted by atomic mass is 35.5. The lowest BCUT2D eigenvalue weighted by Gasteiger charge is -2.21. The molecule has 168 valence electrons. The minimum absolute atomic E-state index is 0.139. The predicted octanol–water partition coefficient (Wildman–Crippen LogP) is 6.76. The predicted molar refractivity (Wildman–Crippen MR) is 133 cm³/mol. The third-order valence-corrected chi connectivity index (χ3v) is 5.79. The van der Waals surface area contributed by atoms with E-state index < -0.39 is 0 Å². The number of hydrogen-bond acceptors (Lipinski definition) is 5. The molecule has 4 rings (SSSR count). The highest BCUT2D eigenvalue weighted by Crippen LogP contribution is 2.36. The highest BCUT2D eigenvalue weighted by molar-refractivity contribution is 6.37. The van der Waals surface area contributed by atoms with Crippen LogP contribution >= 0.6 is 23.2 Å². The van der Waals surface area contributed by atoms with Crippen LogP contribution in [0.1, 0.15) is 18.1 Å². The summed E-state index contributed by atoms with van der Waals surface area (Å²) >= 11 is 12.1. The first kappa shape index (κ1) is 22.9. The standard InChI is InChI=1S/C26H23Cl2N3O2/c1-2-31(16-18-8-10-21(11-9-18)33-17-19-6-4-3-5-7-19)25-13-12-24(29-30-25)20-14-22(27)26(32)23(28)15-20/h3-15,32H,2,16-17H2,1H3. The molecule has 7 heteroatoms. The molecule has 1 heterocycles. The maximum atomic E-state index is 9.75. The van der Waals surface area contributed by atoms with E-state index in [1.807, 2.05) is 54.6 Å². The second-order valence-corrected chi connectivity index (χ2v) is 8.31. The van der Waals surface area contributed by atoms with Crippen molar-refractivity contribution in [3.8, 4) is 22.8 Å². The second kappa shape index (κ2) is 10.6. The van der Waals surface area contributed by atoms with E-state index in [1.54, 1.807) is 12.1 Å². The molecule has 5 nitrogen and oxygen atoms in total. The number of aromatic hydroxyl groups is 1. The number of phenols is 1. The van der Waals surface area contributed by atoms with Crippen molar-refractivity contribution < 1.29 is 9.84 Å². The van der Waals surface area contributed by atoms with Gasteiger partial charge in [0.05, 0.1) is 15.7 Å². The molecule has 33 heavy (non-hydrogen) atoms. The van der Waals surface area contributed by atoms with Gasteiger partial charge in [-0.25, -0.2) is 0 Å². The lowest BCUT2D eigenvalue weighted by Crippen LogP contribution is -2.23. The van der Waals surface area contributed by atoms with Gasteiger partial charge in [0.1, 0.15) is 12.4 Å². The fraction of sp³-hybridized carbons (Fsp3) is 0.154. The fourth-order valence-electron chi connectivity index (χ4n) is 3.37. The summed E-state index contributed by atoms with van der Waals surface area (Å²) in [6, 6.07) is 25.2. The van der Waals surface area contributed by atoms with E-state index in [-0.39, 0.29) is 15.8 Å². The van der Waals surface area contributed by atoms with Crippen LogP contribution in [0.3, 0.4) is 0 Å². The quantitative estimate of drug-likeness (QED) is 0.302. The average Bonchev–Trinajstić information content (AvgIpc) is 2.86. The van der Waals surface area contributed by atoms with Gasteiger partial charge in [0, 0.05) is 18.7 Å². The van der Waals surface area contributed by atoms with Crippen LogP contribution < -0.4 is 9.64 Å². The van der Waals surface area contributed by atoms with Crippen LogP contribution in [-0.2, 0) is 13.2 Å². The first-order chi connectivity index (χ1) is 16.0. The Morgan fingerprint density at radius 1 is 0.848 bits per heavy atom. The fourth-order valence-corrected chi connectivity index (χ4v) is 3.86. The van der Waals surface area contributed by atoms with Gasteiger partial charge in [0.25, 0.3) is 0 Å². The number of anilines is 1. The Morgan fingerprint density at radius 2 is 1.55 bits per heavy atom. The van der Waals surface area contributed by atoms with E-state index in [1.165, 1.54) is 0 Å². The first-order valence-corrected chi connectivity index (χ1v) is 11.3. The summed E-state index contributed by atoms with van der Waals surface area (Å²) < 4.78 is 5.87. The van der Waals surface area contributed by atoms with Crippen molar-refractivity contribution in [2.45, 2.75) is 20.1 Å². The number of aromatic nitrogens is 2. The maximum absolute atomic E-state index is 9.75. The van der Waals surface area contributed by atoms with Crippen LogP contribution in [0.5, 0.6) is 11.5 Å². The summed E-state index contributed by atoms with van der Waals surface area (Å²) in [6.45, 7) is 4.09. The second-order valence-electron chi connectivity index (χ2n) is 7.50. The Balaban J connectivity index is 1.41. The Hall–Kier alpha value is -3.28.